The van der Waals surface area contributed by atoms with Crippen LogP contribution in [0, 0.1) is 6.92 Å². The summed E-state index contributed by atoms with van der Waals surface area (Å²) in [5.41, 5.74) is 7.04. The molecule has 9 nitrogen and oxygen atoms in total. The van der Waals surface area contributed by atoms with Gasteiger partial charge in [-0.25, -0.2) is 9.36 Å². The zero-order chi connectivity index (χ0) is 20.0. The van der Waals surface area contributed by atoms with E-state index in [1.165, 1.54) is 12.1 Å². The summed E-state index contributed by atoms with van der Waals surface area (Å²) < 4.78 is 11.2. The second kappa shape index (κ2) is 6.70. The Kier molecular flexibility index (Phi) is 4.33. The molecular weight excluding hydrogens is 409 g/mol. The molecule has 28 heavy (non-hydrogen) atoms. The smallest absolute Gasteiger partial charge is 0.446 e. The van der Waals surface area contributed by atoms with Crippen LogP contribution in [0.3, 0.4) is 0 Å². The molecule has 0 aliphatic carbocycles. The zero-order valence-corrected chi connectivity index (χ0v) is 15.7. The van der Waals surface area contributed by atoms with E-state index in [4.69, 9.17) is 33.7 Å². The number of rotatable bonds is 4. The number of carbonyl (C=O) groups excluding carboxylic acids is 1. The number of aryl methyl sites for hydroxylation is 1. The third kappa shape index (κ3) is 3.00. The van der Waals surface area contributed by atoms with Gasteiger partial charge in [-0.1, -0.05) is 23.2 Å². The normalized spacial score (nSPS) is 11.1. The Balaban J connectivity index is 1.76. The highest BCUT2D eigenvalue weighted by Gasteiger charge is 2.20. The number of aromatic nitrogens is 4. The molecule has 2 heterocycles. The van der Waals surface area contributed by atoms with Gasteiger partial charge in [0.2, 0.25) is 5.82 Å². The van der Waals surface area contributed by atoms with Crippen LogP contribution in [0.15, 0.2) is 39.6 Å². The fourth-order valence-electron chi connectivity index (χ4n) is 2.71. The number of aromatic amines is 1. The maximum Gasteiger partial charge on any atom is 0.446 e. The summed E-state index contributed by atoms with van der Waals surface area (Å²) in [5, 5.41) is 11.5. The van der Waals surface area contributed by atoms with E-state index in [0.717, 1.165) is 21.2 Å². The Morgan fingerprint density at radius 3 is 2.64 bits per heavy atom. The number of hydrogen-bond acceptors (Lipinski definition) is 6. The van der Waals surface area contributed by atoms with Crippen molar-refractivity contribution in [1.29, 1.82) is 0 Å². The third-order valence-corrected chi connectivity index (χ3v) is 4.56. The lowest BCUT2D eigenvalue weighted by Gasteiger charge is -2.12. The van der Waals surface area contributed by atoms with Crippen molar-refractivity contribution in [3.05, 3.63) is 62.4 Å². The van der Waals surface area contributed by atoms with Crippen LogP contribution in [-0.2, 0) is 0 Å². The first-order valence-electron chi connectivity index (χ1n) is 7.85. The Bertz CT molecular complexity index is 1270. The first kappa shape index (κ1) is 18.1. The van der Waals surface area contributed by atoms with E-state index < -0.39 is 11.7 Å². The van der Waals surface area contributed by atoms with E-state index in [1.807, 2.05) is 6.92 Å². The number of nitrogens with one attached hydrogen (secondary N) is 1. The van der Waals surface area contributed by atoms with Gasteiger partial charge in [-0.2, -0.15) is 5.10 Å². The molecule has 4 aromatic rings. The molecule has 0 bridgehead atoms. The molecule has 0 radical (unpaired) electrons. The van der Waals surface area contributed by atoms with Gasteiger partial charge in [0.05, 0.1) is 21.2 Å². The minimum atomic E-state index is -0.942. The van der Waals surface area contributed by atoms with E-state index in [9.17, 15) is 9.59 Å². The lowest BCUT2D eigenvalue weighted by molar-refractivity contribution is 0.0985. The van der Waals surface area contributed by atoms with Crippen molar-refractivity contribution >= 4 is 40.0 Å². The molecule has 0 unspecified atom stereocenters. The van der Waals surface area contributed by atoms with Crippen molar-refractivity contribution < 1.29 is 14.1 Å². The SMILES string of the molecule is Cc1[nH]nc2ccc(Oc3c(Cl)cc(-n4c(C(N)=O)noc4=O)cc3Cl)cc12. The van der Waals surface area contributed by atoms with Crippen LogP contribution >= 0.6 is 23.2 Å². The van der Waals surface area contributed by atoms with Gasteiger partial charge in [0, 0.05) is 11.1 Å². The molecule has 1 amide bonds. The molecule has 0 aliphatic rings. The molecule has 0 saturated heterocycles. The van der Waals surface area contributed by atoms with Crippen LogP contribution in [-0.4, -0.2) is 25.8 Å². The largest absolute Gasteiger partial charge is 0.454 e. The summed E-state index contributed by atoms with van der Waals surface area (Å²) in [5.74, 6) is -1.56. The molecule has 0 aliphatic heterocycles. The van der Waals surface area contributed by atoms with Crippen molar-refractivity contribution in [1.82, 2.24) is 19.9 Å². The van der Waals surface area contributed by atoms with Gasteiger partial charge in [0.15, 0.2) is 5.75 Å². The molecular formula is C17H11Cl2N5O4. The number of nitrogens with two attached hydrogens (primary N) is 1. The lowest BCUT2D eigenvalue weighted by atomic mass is 10.2. The van der Waals surface area contributed by atoms with Crippen LogP contribution in [0.2, 0.25) is 10.0 Å². The highest BCUT2D eigenvalue weighted by atomic mass is 35.5. The van der Waals surface area contributed by atoms with Crippen molar-refractivity contribution in [3.8, 4) is 17.2 Å². The van der Waals surface area contributed by atoms with Crippen molar-refractivity contribution in [2.24, 2.45) is 5.73 Å². The Labute approximate surface area is 166 Å². The second-order valence-corrected chi connectivity index (χ2v) is 6.65. The minimum absolute atomic E-state index is 0.107. The fraction of sp³-hybridized carbons (Fsp3) is 0.0588. The predicted molar refractivity (Wildman–Crippen MR) is 102 cm³/mol. The highest BCUT2D eigenvalue weighted by molar-refractivity contribution is 6.37. The number of carbonyl (C=O) groups is 1. The number of primary amides is 1. The average molecular weight is 420 g/mol. The topological polar surface area (TPSA) is 129 Å². The number of halogens is 2. The maximum atomic E-state index is 11.9. The molecule has 142 valence electrons. The molecule has 2 aromatic heterocycles. The molecule has 0 atom stereocenters. The second-order valence-electron chi connectivity index (χ2n) is 5.84. The number of benzene rings is 2. The monoisotopic (exact) mass is 419 g/mol. The summed E-state index contributed by atoms with van der Waals surface area (Å²) in [7, 11) is 0. The summed E-state index contributed by atoms with van der Waals surface area (Å²) in [6, 6.07) is 8.08. The van der Waals surface area contributed by atoms with Gasteiger partial charge >= 0.3 is 5.76 Å². The average Bonchev–Trinajstić information content (AvgIpc) is 3.21. The van der Waals surface area contributed by atoms with Gasteiger partial charge in [-0.05, 0) is 42.4 Å². The maximum absolute atomic E-state index is 11.9. The van der Waals surface area contributed by atoms with Crippen molar-refractivity contribution in [3.63, 3.8) is 0 Å². The fourth-order valence-corrected chi connectivity index (χ4v) is 3.26. The highest BCUT2D eigenvalue weighted by Crippen LogP contribution is 2.39. The van der Waals surface area contributed by atoms with Gasteiger partial charge in [-0.3, -0.25) is 14.4 Å². The van der Waals surface area contributed by atoms with E-state index in [0.29, 0.717) is 5.75 Å². The van der Waals surface area contributed by atoms with E-state index in [-0.39, 0.29) is 27.3 Å². The van der Waals surface area contributed by atoms with Crippen LogP contribution in [0.1, 0.15) is 16.3 Å². The van der Waals surface area contributed by atoms with E-state index >= 15 is 0 Å². The first-order chi connectivity index (χ1) is 13.3. The number of H-pyrrole nitrogens is 1. The van der Waals surface area contributed by atoms with Crippen molar-refractivity contribution in [2.45, 2.75) is 6.92 Å². The lowest BCUT2D eigenvalue weighted by Crippen LogP contribution is -2.22. The molecule has 3 N–H and O–H groups in total. The van der Waals surface area contributed by atoms with Gasteiger partial charge in [-0.15, -0.1) is 0 Å². The molecule has 0 fully saturated rings. The molecule has 0 saturated carbocycles. The zero-order valence-electron chi connectivity index (χ0n) is 14.2. The van der Waals surface area contributed by atoms with Crippen LogP contribution < -0.4 is 16.2 Å². The predicted octanol–water partition coefficient (Wildman–Crippen LogP) is 3.21. The van der Waals surface area contributed by atoms with Crippen LogP contribution in [0.25, 0.3) is 16.6 Å². The summed E-state index contributed by atoms with van der Waals surface area (Å²) in [6.45, 7) is 1.89. The standard InChI is InChI=1S/C17H11Cl2N5O4/c1-7-10-6-9(2-3-13(10)22-21-7)27-14-11(18)4-8(5-12(14)19)24-16(15(20)25)23-28-17(24)26/h2-6H,1H3,(H2,20,25)(H,21,22). The summed E-state index contributed by atoms with van der Waals surface area (Å²) >= 11 is 12.6. The molecule has 11 heteroatoms. The Hall–Kier alpha value is -3.30. The number of nitrogens with zero attached hydrogens (tertiary/aromatic N) is 3. The number of amides is 1. The Morgan fingerprint density at radius 1 is 1.25 bits per heavy atom. The molecule has 2 aromatic carbocycles. The van der Waals surface area contributed by atoms with Crippen molar-refractivity contribution in [2.75, 3.05) is 0 Å². The van der Waals surface area contributed by atoms with Gasteiger partial charge in [0.25, 0.3) is 5.91 Å². The third-order valence-electron chi connectivity index (χ3n) is 4.00. The van der Waals surface area contributed by atoms with Crippen LogP contribution in [0.5, 0.6) is 11.5 Å². The van der Waals surface area contributed by atoms with E-state index in [1.54, 1.807) is 18.2 Å². The van der Waals surface area contributed by atoms with Crippen LogP contribution in [0.4, 0.5) is 0 Å². The number of fused-ring (bicyclic) bond motifs is 1. The molecule has 0 spiro atoms. The first-order valence-corrected chi connectivity index (χ1v) is 8.61. The number of ether oxygens (including phenoxy) is 1. The van der Waals surface area contributed by atoms with Gasteiger partial charge in [0.1, 0.15) is 5.75 Å². The summed E-state index contributed by atoms with van der Waals surface area (Å²) in [4.78, 5) is 23.3. The Morgan fingerprint density at radius 2 is 1.96 bits per heavy atom. The molecule has 4 rings (SSSR count). The number of hydrogen-bond donors (Lipinski definition) is 2. The minimum Gasteiger partial charge on any atom is -0.454 e. The quantitative estimate of drug-likeness (QED) is 0.522. The van der Waals surface area contributed by atoms with Gasteiger partial charge < -0.3 is 10.5 Å². The summed E-state index contributed by atoms with van der Waals surface area (Å²) in [6.07, 6.45) is 0. The van der Waals surface area contributed by atoms with E-state index in [2.05, 4.69) is 19.9 Å².